The van der Waals surface area contributed by atoms with Gasteiger partial charge in [-0.05, 0) is 31.9 Å². The molecule has 2 rings (SSSR count). The molecule has 1 fully saturated rings. The Labute approximate surface area is 166 Å². The second-order valence-electron chi connectivity index (χ2n) is 6.48. The number of nitrogens with one attached hydrogen (secondary N) is 2. The Morgan fingerprint density at radius 3 is 2.46 bits per heavy atom. The van der Waals surface area contributed by atoms with Gasteiger partial charge in [-0.1, -0.05) is 19.3 Å². The van der Waals surface area contributed by atoms with E-state index in [4.69, 9.17) is 4.74 Å². The van der Waals surface area contributed by atoms with Crippen LogP contribution in [0.3, 0.4) is 0 Å². The number of hydrogen-bond donors (Lipinski definition) is 2. The van der Waals surface area contributed by atoms with Gasteiger partial charge in [0.15, 0.2) is 6.61 Å². The molecule has 1 aromatic rings. The number of esters is 1. The number of imide groups is 1. The molecule has 0 radical (unpaired) electrons. The van der Waals surface area contributed by atoms with Crippen LogP contribution in [0.15, 0.2) is 29.2 Å². The number of urea groups is 1. The molecule has 1 aliphatic carbocycles. The van der Waals surface area contributed by atoms with Crippen LogP contribution < -0.4 is 10.6 Å². The fourth-order valence-corrected chi connectivity index (χ4v) is 3.65. The maximum absolute atomic E-state index is 12.0. The molecular formula is C18H23N3O6S. The number of nitrogens with zero attached hydrogens (tertiary/aromatic N) is 1. The zero-order valence-corrected chi connectivity index (χ0v) is 16.3. The minimum Gasteiger partial charge on any atom is -0.455 e. The van der Waals surface area contributed by atoms with Gasteiger partial charge in [0.1, 0.15) is 5.25 Å². The van der Waals surface area contributed by atoms with E-state index in [0.29, 0.717) is 4.90 Å². The summed E-state index contributed by atoms with van der Waals surface area (Å²) < 4.78 is 4.93. The Morgan fingerprint density at radius 1 is 1.21 bits per heavy atom. The molecule has 0 heterocycles. The van der Waals surface area contributed by atoms with Crippen molar-refractivity contribution in [3.05, 3.63) is 34.4 Å². The van der Waals surface area contributed by atoms with E-state index in [1.165, 1.54) is 24.3 Å². The highest BCUT2D eigenvalue weighted by molar-refractivity contribution is 8.00. The van der Waals surface area contributed by atoms with E-state index < -0.39 is 34.7 Å². The molecule has 0 saturated heterocycles. The average Bonchev–Trinajstić information content (AvgIpc) is 2.67. The maximum atomic E-state index is 12.0. The molecular weight excluding hydrogens is 386 g/mol. The molecule has 152 valence electrons. The van der Waals surface area contributed by atoms with Gasteiger partial charge in [-0.2, -0.15) is 0 Å². The van der Waals surface area contributed by atoms with Crippen LogP contribution in [0.5, 0.6) is 0 Å². The van der Waals surface area contributed by atoms with Gasteiger partial charge in [0.2, 0.25) is 0 Å². The number of amides is 3. The van der Waals surface area contributed by atoms with Crippen LogP contribution in [0, 0.1) is 10.1 Å². The van der Waals surface area contributed by atoms with Crippen molar-refractivity contribution in [3.63, 3.8) is 0 Å². The number of nitro benzene ring substituents is 1. The summed E-state index contributed by atoms with van der Waals surface area (Å²) in [5.41, 5.74) is -0.0391. The summed E-state index contributed by atoms with van der Waals surface area (Å²) in [5, 5.41) is 14.9. The number of carbonyl (C=O) groups excluding carboxylic acids is 3. The molecule has 1 atom stereocenters. The fraction of sp³-hybridized carbons (Fsp3) is 0.500. The first-order valence-corrected chi connectivity index (χ1v) is 9.91. The maximum Gasteiger partial charge on any atom is 0.321 e. The summed E-state index contributed by atoms with van der Waals surface area (Å²) in [6.45, 7) is 1.05. The summed E-state index contributed by atoms with van der Waals surface area (Å²) >= 11 is 1.15. The fourth-order valence-electron chi connectivity index (χ4n) is 2.78. The van der Waals surface area contributed by atoms with E-state index in [2.05, 4.69) is 10.6 Å². The van der Waals surface area contributed by atoms with Gasteiger partial charge >= 0.3 is 12.0 Å². The van der Waals surface area contributed by atoms with E-state index in [9.17, 15) is 24.5 Å². The Hall–Kier alpha value is -2.62. The summed E-state index contributed by atoms with van der Waals surface area (Å²) in [6, 6.07) is 5.25. The summed E-state index contributed by atoms with van der Waals surface area (Å²) in [7, 11) is 0. The summed E-state index contributed by atoms with van der Waals surface area (Å²) in [6.07, 6.45) is 5.06. The molecule has 2 N–H and O–H groups in total. The van der Waals surface area contributed by atoms with Crippen molar-refractivity contribution >= 4 is 35.4 Å². The Balaban J connectivity index is 1.70. The smallest absolute Gasteiger partial charge is 0.321 e. The molecule has 1 aliphatic rings. The predicted octanol–water partition coefficient (Wildman–Crippen LogP) is 2.78. The van der Waals surface area contributed by atoms with Gasteiger partial charge in [0.05, 0.1) is 4.92 Å². The van der Waals surface area contributed by atoms with Gasteiger partial charge in [-0.3, -0.25) is 25.0 Å². The minimum absolute atomic E-state index is 0.0391. The molecule has 0 unspecified atom stereocenters. The molecule has 1 saturated carbocycles. The van der Waals surface area contributed by atoms with Crippen molar-refractivity contribution < 1.29 is 24.0 Å². The minimum atomic E-state index is -0.700. The molecule has 0 aromatic heterocycles. The lowest BCUT2D eigenvalue weighted by atomic mass is 9.96. The lowest BCUT2D eigenvalue weighted by Crippen LogP contribution is -2.46. The van der Waals surface area contributed by atoms with Crippen LogP contribution in [-0.2, 0) is 14.3 Å². The monoisotopic (exact) mass is 409 g/mol. The standard InChI is InChI=1S/C18H23N3O6S/c1-12(28-15-9-7-14(8-10-15)21(25)26)17(23)27-11-16(22)20-18(24)19-13-5-3-2-4-6-13/h7-10,12-13H,2-6,11H2,1H3,(H2,19,20,22,24)/t12-/m1/s1. The van der Waals surface area contributed by atoms with Crippen LogP contribution in [0.2, 0.25) is 0 Å². The van der Waals surface area contributed by atoms with Crippen LogP contribution in [0.1, 0.15) is 39.0 Å². The highest BCUT2D eigenvalue weighted by Gasteiger charge is 2.20. The Morgan fingerprint density at radius 2 is 1.86 bits per heavy atom. The first-order valence-electron chi connectivity index (χ1n) is 9.03. The lowest BCUT2D eigenvalue weighted by Gasteiger charge is -2.22. The third-order valence-electron chi connectivity index (χ3n) is 4.23. The van der Waals surface area contributed by atoms with Gasteiger partial charge in [0.25, 0.3) is 11.6 Å². The zero-order chi connectivity index (χ0) is 20.5. The Bertz CT molecular complexity index is 719. The second kappa shape index (κ2) is 10.6. The number of benzene rings is 1. The quantitative estimate of drug-likeness (QED) is 0.307. The zero-order valence-electron chi connectivity index (χ0n) is 15.5. The molecule has 1 aromatic carbocycles. The predicted molar refractivity (Wildman–Crippen MR) is 103 cm³/mol. The number of thioether (sulfide) groups is 1. The van der Waals surface area contributed by atoms with Gasteiger partial charge < -0.3 is 10.1 Å². The number of hydrogen-bond acceptors (Lipinski definition) is 7. The third kappa shape index (κ3) is 7.18. The van der Waals surface area contributed by atoms with Gasteiger partial charge in [-0.25, -0.2) is 4.79 Å². The Kier molecular flexibility index (Phi) is 8.24. The van der Waals surface area contributed by atoms with Crippen molar-refractivity contribution in [3.8, 4) is 0 Å². The average molecular weight is 409 g/mol. The molecule has 0 bridgehead atoms. The van der Waals surface area contributed by atoms with Crippen LogP contribution in [0.25, 0.3) is 0 Å². The lowest BCUT2D eigenvalue weighted by molar-refractivity contribution is -0.384. The van der Waals surface area contributed by atoms with E-state index in [0.717, 1.165) is 43.9 Å². The number of ether oxygens (including phenoxy) is 1. The number of non-ortho nitro benzene ring substituents is 1. The normalized spacial score (nSPS) is 15.3. The van der Waals surface area contributed by atoms with Crippen LogP contribution >= 0.6 is 11.8 Å². The van der Waals surface area contributed by atoms with Crippen LogP contribution in [0.4, 0.5) is 10.5 Å². The van der Waals surface area contributed by atoms with Crippen molar-refractivity contribution in [2.24, 2.45) is 0 Å². The summed E-state index contributed by atoms with van der Waals surface area (Å²) in [4.78, 5) is 46.3. The van der Waals surface area contributed by atoms with E-state index in [-0.39, 0.29) is 11.7 Å². The number of nitro groups is 1. The number of carbonyl (C=O) groups is 3. The summed E-state index contributed by atoms with van der Waals surface area (Å²) in [5.74, 6) is -1.32. The topological polar surface area (TPSA) is 128 Å². The van der Waals surface area contributed by atoms with Gasteiger partial charge in [0, 0.05) is 23.1 Å². The molecule has 3 amide bonds. The number of rotatable bonds is 7. The molecule has 28 heavy (non-hydrogen) atoms. The molecule has 10 heteroatoms. The molecule has 9 nitrogen and oxygen atoms in total. The first kappa shape index (κ1) is 21.7. The molecule has 0 spiro atoms. The second-order valence-corrected chi connectivity index (χ2v) is 7.89. The molecule has 0 aliphatic heterocycles. The van der Waals surface area contributed by atoms with Crippen molar-refractivity contribution in [2.45, 2.75) is 55.2 Å². The van der Waals surface area contributed by atoms with E-state index >= 15 is 0 Å². The van der Waals surface area contributed by atoms with E-state index in [1.807, 2.05) is 0 Å². The van der Waals surface area contributed by atoms with Crippen LogP contribution in [-0.4, -0.2) is 40.7 Å². The third-order valence-corrected chi connectivity index (χ3v) is 5.32. The SMILES string of the molecule is C[C@@H](Sc1ccc([N+](=O)[O-])cc1)C(=O)OCC(=O)NC(=O)NC1CCCCC1. The first-order chi connectivity index (χ1) is 13.3. The van der Waals surface area contributed by atoms with Crippen molar-refractivity contribution in [2.75, 3.05) is 6.61 Å². The van der Waals surface area contributed by atoms with Crippen molar-refractivity contribution in [1.82, 2.24) is 10.6 Å². The highest BCUT2D eigenvalue weighted by Crippen LogP contribution is 2.26. The largest absolute Gasteiger partial charge is 0.455 e. The van der Waals surface area contributed by atoms with Gasteiger partial charge in [-0.15, -0.1) is 11.8 Å². The highest BCUT2D eigenvalue weighted by atomic mass is 32.2. The van der Waals surface area contributed by atoms with E-state index in [1.54, 1.807) is 6.92 Å². The van der Waals surface area contributed by atoms with Crippen molar-refractivity contribution in [1.29, 1.82) is 0 Å².